The van der Waals surface area contributed by atoms with Crippen LogP contribution in [0.3, 0.4) is 0 Å². The highest BCUT2D eigenvalue weighted by molar-refractivity contribution is 5.98. The van der Waals surface area contributed by atoms with Crippen LogP contribution in [0.1, 0.15) is 30.4 Å². The van der Waals surface area contributed by atoms with Gasteiger partial charge in [-0.2, -0.15) is 0 Å². The summed E-state index contributed by atoms with van der Waals surface area (Å²) in [6, 6.07) is 15.0. The Morgan fingerprint density at radius 3 is 2.52 bits per heavy atom. The Balaban J connectivity index is 1.51. The zero-order chi connectivity index (χ0) is 19.1. The van der Waals surface area contributed by atoms with Gasteiger partial charge in [0.2, 0.25) is 11.8 Å². The minimum atomic E-state index is -0.261. The first-order chi connectivity index (χ1) is 13.1. The fraction of sp³-hybridized carbons (Fsp3) is 0.273. The summed E-state index contributed by atoms with van der Waals surface area (Å²) in [6.45, 7) is 3.85. The van der Waals surface area contributed by atoms with Crippen LogP contribution in [0.4, 0.5) is 5.69 Å². The van der Waals surface area contributed by atoms with Crippen molar-refractivity contribution < 1.29 is 14.3 Å². The molecule has 0 bridgehead atoms. The van der Waals surface area contributed by atoms with Crippen molar-refractivity contribution in [2.24, 2.45) is 0 Å². The summed E-state index contributed by atoms with van der Waals surface area (Å²) in [5.41, 5.74) is 2.54. The van der Waals surface area contributed by atoms with E-state index in [1.807, 2.05) is 36.4 Å². The third kappa shape index (κ3) is 5.45. The zero-order valence-electron chi connectivity index (χ0n) is 15.2. The lowest BCUT2D eigenvalue weighted by molar-refractivity contribution is -0.120. The highest BCUT2D eigenvalue weighted by atomic mass is 16.5. The van der Waals surface area contributed by atoms with E-state index in [1.54, 1.807) is 12.1 Å². The molecule has 2 N–H and O–H groups in total. The third-order valence-electron chi connectivity index (χ3n) is 4.57. The molecule has 2 aromatic carbocycles. The molecule has 1 saturated carbocycles. The van der Waals surface area contributed by atoms with Crippen LogP contribution in [0.15, 0.2) is 61.2 Å². The second kappa shape index (κ2) is 9.03. The van der Waals surface area contributed by atoms with Crippen molar-refractivity contribution >= 4 is 17.5 Å². The third-order valence-corrected chi connectivity index (χ3v) is 4.57. The zero-order valence-corrected chi connectivity index (χ0v) is 15.2. The van der Waals surface area contributed by atoms with Gasteiger partial charge in [0, 0.05) is 17.8 Å². The molecule has 2 aromatic rings. The Hall–Kier alpha value is -3.08. The van der Waals surface area contributed by atoms with Crippen LogP contribution in [-0.4, -0.2) is 17.9 Å². The number of anilines is 1. The molecule has 0 atom stereocenters. The van der Waals surface area contributed by atoms with Crippen LogP contribution in [0.5, 0.6) is 5.75 Å². The van der Waals surface area contributed by atoms with Crippen LogP contribution >= 0.6 is 0 Å². The maximum atomic E-state index is 12.3. The van der Waals surface area contributed by atoms with E-state index in [1.165, 1.54) is 12.5 Å². The number of benzene rings is 2. The number of para-hydroxylation sites is 1. The quantitative estimate of drug-likeness (QED) is 0.703. The van der Waals surface area contributed by atoms with E-state index < -0.39 is 0 Å². The molecule has 0 aromatic heterocycles. The number of nitrogens with one attached hydrogen (secondary N) is 2. The van der Waals surface area contributed by atoms with E-state index in [0.29, 0.717) is 18.3 Å². The van der Waals surface area contributed by atoms with Gasteiger partial charge in [-0.25, -0.2) is 0 Å². The lowest BCUT2D eigenvalue weighted by Gasteiger charge is -2.27. The van der Waals surface area contributed by atoms with Crippen molar-refractivity contribution in [3.05, 3.63) is 72.3 Å². The summed E-state index contributed by atoms with van der Waals surface area (Å²) in [6.07, 6.45) is 5.23. The van der Waals surface area contributed by atoms with Crippen molar-refractivity contribution in [2.45, 2.75) is 38.3 Å². The van der Waals surface area contributed by atoms with Gasteiger partial charge in [0.05, 0.1) is 12.5 Å². The van der Waals surface area contributed by atoms with Crippen molar-refractivity contribution in [2.75, 3.05) is 5.32 Å². The summed E-state index contributed by atoms with van der Waals surface area (Å²) in [5.74, 6) is 0.532. The minimum absolute atomic E-state index is 0.0590. The fourth-order valence-electron chi connectivity index (χ4n) is 2.77. The SMILES string of the molecule is C=CC(=O)Nc1ccc(CC(=O)NCc2ccccc2OC2CCC2)cc1. The fourth-order valence-corrected chi connectivity index (χ4v) is 2.77. The summed E-state index contributed by atoms with van der Waals surface area (Å²) < 4.78 is 5.99. The number of hydrogen-bond donors (Lipinski definition) is 2. The average molecular weight is 364 g/mol. The van der Waals surface area contributed by atoms with Gasteiger partial charge in [-0.3, -0.25) is 9.59 Å². The summed E-state index contributed by atoms with van der Waals surface area (Å²) in [4.78, 5) is 23.5. The van der Waals surface area contributed by atoms with Crippen molar-refractivity contribution in [1.29, 1.82) is 0 Å². The second-order valence-electron chi connectivity index (χ2n) is 6.62. The topological polar surface area (TPSA) is 67.4 Å². The molecule has 140 valence electrons. The van der Waals surface area contributed by atoms with Gasteiger partial charge in [-0.15, -0.1) is 0 Å². The van der Waals surface area contributed by atoms with E-state index in [0.717, 1.165) is 29.7 Å². The van der Waals surface area contributed by atoms with Crippen LogP contribution in [0, 0.1) is 0 Å². The molecule has 0 saturated heterocycles. The highest BCUT2D eigenvalue weighted by Crippen LogP contribution is 2.27. The Morgan fingerprint density at radius 2 is 1.85 bits per heavy atom. The summed E-state index contributed by atoms with van der Waals surface area (Å²) in [7, 11) is 0. The Morgan fingerprint density at radius 1 is 1.11 bits per heavy atom. The van der Waals surface area contributed by atoms with Crippen LogP contribution in [0.2, 0.25) is 0 Å². The molecule has 1 aliphatic carbocycles. The van der Waals surface area contributed by atoms with E-state index in [2.05, 4.69) is 17.2 Å². The maximum absolute atomic E-state index is 12.3. The molecule has 5 heteroatoms. The van der Waals surface area contributed by atoms with Crippen LogP contribution in [0.25, 0.3) is 0 Å². The molecule has 0 spiro atoms. The molecule has 27 heavy (non-hydrogen) atoms. The molecule has 1 fully saturated rings. The van der Waals surface area contributed by atoms with Crippen molar-refractivity contribution in [3.63, 3.8) is 0 Å². The van der Waals surface area contributed by atoms with Crippen molar-refractivity contribution in [3.8, 4) is 5.75 Å². The first kappa shape index (κ1) is 18.7. The van der Waals surface area contributed by atoms with E-state index in [4.69, 9.17) is 4.74 Å². The molecule has 0 unspecified atom stereocenters. The van der Waals surface area contributed by atoms with Gasteiger partial charge >= 0.3 is 0 Å². The lowest BCUT2D eigenvalue weighted by atomic mass is 9.96. The molecule has 0 radical (unpaired) electrons. The monoisotopic (exact) mass is 364 g/mol. The predicted octanol–water partition coefficient (Wildman–Crippen LogP) is 3.60. The predicted molar refractivity (Wildman–Crippen MR) is 106 cm³/mol. The number of carbonyl (C=O) groups is 2. The number of carbonyl (C=O) groups excluding carboxylic acids is 2. The second-order valence-corrected chi connectivity index (χ2v) is 6.62. The molecule has 3 rings (SSSR count). The number of rotatable bonds is 8. The van der Waals surface area contributed by atoms with E-state index in [9.17, 15) is 9.59 Å². The minimum Gasteiger partial charge on any atom is -0.490 e. The molecular formula is C22H24N2O3. The van der Waals surface area contributed by atoms with Gasteiger partial charge < -0.3 is 15.4 Å². The summed E-state index contributed by atoms with van der Waals surface area (Å²) >= 11 is 0. The van der Waals surface area contributed by atoms with Crippen LogP contribution < -0.4 is 15.4 Å². The van der Waals surface area contributed by atoms with Gasteiger partial charge in [0.15, 0.2) is 0 Å². The first-order valence-corrected chi connectivity index (χ1v) is 9.17. The van der Waals surface area contributed by atoms with Gasteiger partial charge in [-0.1, -0.05) is 36.9 Å². The number of amides is 2. The lowest BCUT2D eigenvalue weighted by Crippen LogP contribution is -2.27. The standard InChI is InChI=1S/C22H24N2O3/c1-2-21(25)24-18-12-10-16(11-13-18)14-22(26)23-15-17-6-3-4-9-20(17)27-19-7-5-8-19/h2-4,6,9-13,19H,1,5,7-8,14-15H2,(H,23,26)(H,24,25). The molecule has 1 aliphatic rings. The molecular weight excluding hydrogens is 340 g/mol. The first-order valence-electron chi connectivity index (χ1n) is 9.17. The number of hydrogen-bond acceptors (Lipinski definition) is 3. The largest absolute Gasteiger partial charge is 0.490 e. The molecule has 5 nitrogen and oxygen atoms in total. The maximum Gasteiger partial charge on any atom is 0.247 e. The van der Waals surface area contributed by atoms with Gasteiger partial charge in [0.1, 0.15) is 5.75 Å². The molecule has 2 amide bonds. The van der Waals surface area contributed by atoms with E-state index >= 15 is 0 Å². The normalized spacial score (nSPS) is 13.3. The summed E-state index contributed by atoms with van der Waals surface area (Å²) in [5, 5.41) is 5.63. The Kier molecular flexibility index (Phi) is 6.26. The van der Waals surface area contributed by atoms with Gasteiger partial charge in [-0.05, 0) is 49.1 Å². The van der Waals surface area contributed by atoms with Crippen LogP contribution in [-0.2, 0) is 22.6 Å². The highest BCUT2D eigenvalue weighted by Gasteiger charge is 2.20. The molecule has 0 heterocycles. The Bertz CT molecular complexity index is 811. The van der Waals surface area contributed by atoms with E-state index in [-0.39, 0.29) is 18.2 Å². The number of ether oxygens (including phenoxy) is 1. The molecule has 0 aliphatic heterocycles. The Labute approximate surface area is 159 Å². The van der Waals surface area contributed by atoms with Crippen molar-refractivity contribution in [1.82, 2.24) is 5.32 Å². The smallest absolute Gasteiger partial charge is 0.247 e. The van der Waals surface area contributed by atoms with Gasteiger partial charge in [0.25, 0.3) is 0 Å². The average Bonchev–Trinajstić information content (AvgIpc) is 2.65.